The number of aryl methyl sites for hydroxylation is 1. The minimum absolute atomic E-state index is 0.0336. The Kier molecular flexibility index (Phi) is 4.22. The number of halogens is 1. The van der Waals surface area contributed by atoms with Gasteiger partial charge in [0.05, 0.1) is 7.11 Å². The molecule has 1 aromatic rings. The molecule has 0 unspecified atom stereocenters. The zero-order valence-electron chi connectivity index (χ0n) is 10.6. The van der Waals surface area contributed by atoms with E-state index in [0.29, 0.717) is 0 Å². The Balaban J connectivity index is 3.08. The van der Waals surface area contributed by atoms with Crippen LogP contribution in [0.3, 0.4) is 0 Å². The molecule has 0 bridgehead atoms. The molecule has 0 aliphatic rings. The first kappa shape index (κ1) is 13.3. The third kappa shape index (κ3) is 3.13. The normalized spacial score (nSPS) is 11.6. The first-order chi connectivity index (χ1) is 7.39. The van der Waals surface area contributed by atoms with Crippen LogP contribution in [0.4, 0.5) is 0 Å². The van der Waals surface area contributed by atoms with Crippen molar-refractivity contribution in [3.8, 4) is 5.75 Å². The summed E-state index contributed by atoms with van der Waals surface area (Å²) in [5, 5.41) is 4.07. The van der Waals surface area contributed by atoms with Crippen LogP contribution in [0.25, 0.3) is 0 Å². The van der Waals surface area contributed by atoms with Crippen molar-refractivity contribution < 1.29 is 4.74 Å². The lowest BCUT2D eigenvalue weighted by molar-refractivity contribution is 0.386. The highest BCUT2D eigenvalue weighted by Gasteiger charge is 2.18. The van der Waals surface area contributed by atoms with Crippen LogP contribution in [0.15, 0.2) is 12.1 Å². The van der Waals surface area contributed by atoms with Crippen molar-refractivity contribution in [2.24, 2.45) is 0 Å². The quantitative estimate of drug-likeness (QED) is 0.874. The van der Waals surface area contributed by atoms with Gasteiger partial charge in [0.2, 0.25) is 0 Å². The molecule has 1 rings (SSSR count). The van der Waals surface area contributed by atoms with Crippen molar-refractivity contribution in [1.82, 2.24) is 5.32 Å². The van der Waals surface area contributed by atoms with Gasteiger partial charge in [-0.2, -0.15) is 0 Å². The summed E-state index contributed by atoms with van der Waals surface area (Å²) in [6.07, 6.45) is 0.882. The molecule has 0 heterocycles. The van der Waals surface area contributed by atoms with E-state index < -0.39 is 0 Å². The lowest BCUT2D eigenvalue weighted by atomic mass is 9.94. The van der Waals surface area contributed by atoms with Gasteiger partial charge in [-0.25, -0.2) is 0 Å². The number of nitrogens with one attached hydrogen (secondary N) is 1. The van der Waals surface area contributed by atoms with E-state index in [1.54, 1.807) is 7.11 Å². The van der Waals surface area contributed by atoms with Gasteiger partial charge < -0.3 is 10.1 Å². The van der Waals surface area contributed by atoms with Crippen LogP contribution in [0.2, 0.25) is 5.02 Å². The smallest absolute Gasteiger partial charge is 0.122 e. The van der Waals surface area contributed by atoms with Crippen LogP contribution in [-0.2, 0) is 6.42 Å². The standard InChI is InChI=1S/C13H20ClNO/c1-9-6-12(16-5)10(7-11(9)14)8-13(2,3)15-4/h6-7,15H,8H2,1-5H3. The second-order valence-corrected chi connectivity index (χ2v) is 5.13. The van der Waals surface area contributed by atoms with Gasteiger partial charge >= 0.3 is 0 Å². The number of methoxy groups -OCH3 is 1. The second kappa shape index (κ2) is 5.07. The summed E-state index contributed by atoms with van der Waals surface area (Å²) in [5.41, 5.74) is 2.22. The van der Waals surface area contributed by atoms with Crippen molar-refractivity contribution in [3.63, 3.8) is 0 Å². The molecule has 0 saturated carbocycles. The van der Waals surface area contributed by atoms with Crippen molar-refractivity contribution in [2.45, 2.75) is 32.7 Å². The molecule has 90 valence electrons. The van der Waals surface area contributed by atoms with Gasteiger partial charge in [0.15, 0.2) is 0 Å². The third-order valence-corrected chi connectivity index (χ3v) is 3.28. The molecule has 0 aliphatic carbocycles. The summed E-state index contributed by atoms with van der Waals surface area (Å²) in [4.78, 5) is 0. The number of likely N-dealkylation sites (N-methyl/N-ethyl adjacent to an activating group) is 1. The zero-order chi connectivity index (χ0) is 12.3. The van der Waals surface area contributed by atoms with Gasteiger partial charge in [-0.1, -0.05) is 11.6 Å². The van der Waals surface area contributed by atoms with Crippen molar-refractivity contribution in [1.29, 1.82) is 0 Å². The fourth-order valence-electron chi connectivity index (χ4n) is 1.59. The predicted octanol–water partition coefficient (Wildman–Crippen LogP) is 3.20. The topological polar surface area (TPSA) is 21.3 Å². The van der Waals surface area contributed by atoms with Crippen molar-refractivity contribution >= 4 is 11.6 Å². The summed E-state index contributed by atoms with van der Waals surface area (Å²) in [5.74, 6) is 0.908. The van der Waals surface area contributed by atoms with Gasteiger partial charge in [0.25, 0.3) is 0 Å². The average Bonchev–Trinajstić information content (AvgIpc) is 2.22. The molecule has 0 aliphatic heterocycles. The van der Waals surface area contributed by atoms with Gasteiger partial charge in [-0.15, -0.1) is 0 Å². The SMILES string of the molecule is CNC(C)(C)Cc1cc(Cl)c(C)cc1OC. The van der Waals surface area contributed by atoms with Gasteiger partial charge in [0.1, 0.15) is 5.75 Å². The lowest BCUT2D eigenvalue weighted by Crippen LogP contribution is -2.38. The second-order valence-electron chi connectivity index (χ2n) is 4.72. The molecule has 0 aromatic heterocycles. The predicted molar refractivity (Wildman–Crippen MR) is 69.6 cm³/mol. The van der Waals surface area contributed by atoms with E-state index in [0.717, 1.165) is 28.3 Å². The molecule has 0 atom stereocenters. The minimum atomic E-state index is 0.0336. The summed E-state index contributed by atoms with van der Waals surface area (Å²) in [6.45, 7) is 6.29. The lowest BCUT2D eigenvalue weighted by Gasteiger charge is -2.25. The van der Waals surface area contributed by atoms with E-state index in [1.165, 1.54) is 0 Å². The van der Waals surface area contributed by atoms with E-state index >= 15 is 0 Å². The Morgan fingerprint density at radius 3 is 2.50 bits per heavy atom. The summed E-state index contributed by atoms with van der Waals surface area (Å²) < 4.78 is 5.39. The van der Waals surface area contributed by atoms with E-state index in [2.05, 4.69) is 19.2 Å². The molecule has 16 heavy (non-hydrogen) atoms. The fraction of sp³-hybridized carbons (Fsp3) is 0.538. The Morgan fingerprint density at radius 2 is 2.00 bits per heavy atom. The molecule has 0 amide bonds. The van der Waals surface area contributed by atoms with E-state index in [9.17, 15) is 0 Å². The first-order valence-corrected chi connectivity index (χ1v) is 5.79. The Hall–Kier alpha value is -0.730. The highest BCUT2D eigenvalue weighted by Crippen LogP contribution is 2.29. The molecule has 1 N–H and O–H groups in total. The first-order valence-electron chi connectivity index (χ1n) is 5.41. The number of rotatable bonds is 4. The van der Waals surface area contributed by atoms with Crippen LogP contribution in [0.5, 0.6) is 5.75 Å². The van der Waals surface area contributed by atoms with Crippen molar-refractivity contribution in [2.75, 3.05) is 14.2 Å². The number of benzene rings is 1. The third-order valence-electron chi connectivity index (χ3n) is 2.87. The van der Waals surface area contributed by atoms with Crippen LogP contribution in [-0.4, -0.2) is 19.7 Å². The maximum atomic E-state index is 6.14. The van der Waals surface area contributed by atoms with Gasteiger partial charge in [-0.05, 0) is 57.5 Å². The Labute approximate surface area is 103 Å². The Morgan fingerprint density at radius 1 is 1.38 bits per heavy atom. The molecule has 2 nitrogen and oxygen atoms in total. The number of ether oxygens (including phenoxy) is 1. The fourth-order valence-corrected chi connectivity index (χ4v) is 1.78. The summed E-state index contributed by atoms with van der Waals surface area (Å²) in [6, 6.07) is 3.98. The molecular weight excluding hydrogens is 222 g/mol. The Bertz CT molecular complexity index is 374. The molecular formula is C13H20ClNO. The van der Waals surface area contributed by atoms with Gasteiger partial charge in [0, 0.05) is 10.6 Å². The minimum Gasteiger partial charge on any atom is -0.496 e. The summed E-state index contributed by atoms with van der Waals surface area (Å²) >= 11 is 6.14. The zero-order valence-corrected chi connectivity index (χ0v) is 11.4. The molecule has 0 radical (unpaired) electrons. The number of hydrogen-bond donors (Lipinski definition) is 1. The van der Waals surface area contributed by atoms with E-state index in [-0.39, 0.29) is 5.54 Å². The maximum Gasteiger partial charge on any atom is 0.122 e. The van der Waals surface area contributed by atoms with E-state index in [4.69, 9.17) is 16.3 Å². The highest BCUT2D eigenvalue weighted by atomic mass is 35.5. The molecule has 3 heteroatoms. The van der Waals surface area contributed by atoms with Crippen molar-refractivity contribution in [3.05, 3.63) is 28.3 Å². The average molecular weight is 242 g/mol. The molecule has 1 aromatic carbocycles. The molecule has 0 fully saturated rings. The molecule has 0 saturated heterocycles. The van der Waals surface area contributed by atoms with Crippen LogP contribution in [0.1, 0.15) is 25.0 Å². The molecule has 0 spiro atoms. The van der Waals surface area contributed by atoms with Crippen LogP contribution >= 0.6 is 11.6 Å². The highest BCUT2D eigenvalue weighted by molar-refractivity contribution is 6.31. The van der Waals surface area contributed by atoms with E-state index in [1.807, 2.05) is 26.1 Å². The summed E-state index contributed by atoms with van der Waals surface area (Å²) in [7, 11) is 3.65. The van der Waals surface area contributed by atoms with Gasteiger partial charge in [-0.3, -0.25) is 0 Å². The maximum absolute atomic E-state index is 6.14. The van der Waals surface area contributed by atoms with Crippen LogP contribution < -0.4 is 10.1 Å². The number of hydrogen-bond acceptors (Lipinski definition) is 2. The largest absolute Gasteiger partial charge is 0.496 e. The monoisotopic (exact) mass is 241 g/mol. The van der Waals surface area contributed by atoms with Crippen LogP contribution in [0, 0.1) is 6.92 Å².